The van der Waals surface area contributed by atoms with Crippen molar-refractivity contribution in [2.24, 2.45) is 0 Å². The first-order chi connectivity index (χ1) is 11.6. The van der Waals surface area contributed by atoms with Crippen LogP contribution in [0.15, 0.2) is 0 Å². The molecule has 0 N–H and O–H groups in total. The molecule has 0 aromatic rings. The summed E-state index contributed by atoms with van der Waals surface area (Å²) < 4.78 is 19.1. The second-order valence-corrected chi connectivity index (χ2v) is 6.26. The third-order valence-corrected chi connectivity index (χ3v) is 3.94. The third-order valence-electron chi connectivity index (χ3n) is 2.66. The van der Waals surface area contributed by atoms with Gasteiger partial charge in [-0.25, -0.2) is 9.59 Å². The second kappa shape index (κ2) is 14.8. The summed E-state index contributed by atoms with van der Waals surface area (Å²) >= 11 is 3.02. The Kier molecular flexibility index (Phi) is 13.7. The molecule has 0 aliphatic carbocycles. The Labute approximate surface area is 149 Å². The zero-order valence-electron chi connectivity index (χ0n) is 13.6. The molecule has 0 saturated carbocycles. The lowest BCUT2D eigenvalue weighted by molar-refractivity contribution is -0.162. The first-order valence-electron chi connectivity index (χ1n) is 7.01. The Bertz CT molecular complexity index is 421. The highest BCUT2D eigenvalue weighted by molar-refractivity contribution is 7.98. The first kappa shape index (κ1) is 22.2. The molecule has 0 heterocycles. The van der Waals surface area contributed by atoms with Crippen LogP contribution in [-0.4, -0.2) is 61.4 Å². The number of nitriles is 2. The van der Waals surface area contributed by atoms with Gasteiger partial charge in [-0.3, -0.25) is 0 Å². The lowest BCUT2D eigenvalue weighted by atomic mass is 10.3. The fourth-order valence-corrected chi connectivity index (χ4v) is 2.40. The van der Waals surface area contributed by atoms with Crippen LogP contribution in [0, 0.1) is 23.0 Å². The minimum atomic E-state index is -0.964. The topological polar surface area (TPSA) is 119 Å². The molecule has 0 aromatic carbocycles. The normalized spacial score (nSPS) is 12.2. The highest BCUT2D eigenvalue weighted by atomic mass is 32.2. The van der Waals surface area contributed by atoms with Crippen LogP contribution in [0.25, 0.3) is 0 Å². The van der Waals surface area contributed by atoms with Gasteiger partial charge in [-0.2, -0.15) is 34.0 Å². The van der Waals surface area contributed by atoms with Crippen molar-refractivity contribution in [1.29, 1.82) is 10.5 Å². The molecule has 2 unspecified atom stereocenters. The van der Waals surface area contributed by atoms with E-state index in [1.807, 2.05) is 12.5 Å². The Morgan fingerprint density at radius 1 is 0.875 bits per heavy atom. The summed E-state index contributed by atoms with van der Waals surface area (Å²) in [4.78, 5) is 23.5. The van der Waals surface area contributed by atoms with E-state index in [2.05, 4.69) is 9.47 Å². The maximum atomic E-state index is 11.7. The molecule has 0 rings (SSSR count). The Balaban J connectivity index is 4.16. The number of hydrogen-bond donors (Lipinski definition) is 0. The molecular weight excluding hydrogens is 356 g/mol. The summed E-state index contributed by atoms with van der Waals surface area (Å²) in [6.45, 7) is -0.339. The van der Waals surface area contributed by atoms with E-state index >= 15 is 0 Å². The average Bonchev–Trinajstić information content (AvgIpc) is 2.58. The summed E-state index contributed by atoms with van der Waals surface area (Å²) in [7, 11) is 0. The van der Waals surface area contributed by atoms with Crippen LogP contribution in [0.5, 0.6) is 0 Å². The SMILES string of the molecule is CSCCC(OC#N)C(=O)OCCOC(=O)C(CCSC)OC#N. The molecule has 0 saturated heterocycles. The number of carbonyl (C=O) groups is 2. The molecule has 0 aliphatic rings. The van der Waals surface area contributed by atoms with E-state index in [4.69, 9.17) is 20.0 Å². The molecule has 134 valence electrons. The van der Waals surface area contributed by atoms with Crippen molar-refractivity contribution in [2.75, 3.05) is 37.2 Å². The molecule has 0 aliphatic heterocycles. The van der Waals surface area contributed by atoms with Crippen molar-refractivity contribution < 1.29 is 28.5 Å². The van der Waals surface area contributed by atoms with Gasteiger partial charge in [-0.1, -0.05) is 0 Å². The number of esters is 2. The summed E-state index contributed by atoms with van der Waals surface area (Å²) in [6.07, 6.45) is 5.44. The van der Waals surface area contributed by atoms with Gasteiger partial charge in [0.25, 0.3) is 12.5 Å². The predicted octanol–water partition coefficient (Wildman–Crippen LogP) is 1.31. The van der Waals surface area contributed by atoms with E-state index in [0.29, 0.717) is 24.3 Å². The molecular formula is C14H20N2O6S2. The second-order valence-electron chi connectivity index (χ2n) is 4.29. The van der Waals surface area contributed by atoms with Crippen molar-refractivity contribution >= 4 is 35.5 Å². The van der Waals surface area contributed by atoms with Crippen molar-refractivity contribution in [3.8, 4) is 12.5 Å². The molecule has 2 atom stereocenters. The highest BCUT2D eigenvalue weighted by Gasteiger charge is 2.23. The largest absolute Gasteiger partial charge is 0.459 e. The van der Waals surface area contributed by atoms with Gasteiger partial charge in [0.1, 0.15) is 13.2 Å². The highest BCUT2D eigenvalue weighted by Crippen LogP contribution is 2.08. The van der Waals surface area contributed by atoms with Gasteiger partial charge in [0.05, 0.1) is 0 Å². The number of nitrogens with zero attached hydrogens (tertiary/aromatic N) is 2. The van der Waals surface area contributed by atoms with Crippen molar-refractivity contribution in [3.05, 3.63) is 0 Å². The minimum absolute atomic E-state index is 0.170. The summed E-state index contributed by atoms with van der Waals surface area (Å²) in [5, 5.41) is 17.0. The van der Waals surface area contributed by atoms with E-state index in [1.165, 1.54) is 36.0 Å². The lowest BCUT2D eigenvalue weighted by Gasteiger charge is -2.14. The van der Waals surface area contributed by atoms with Crippen molar-refractivity contribution in [2.45, 2.75) is 25.0 Å². The Morgan fingerprint density at radius 3 is 1.54 bits per heavy atom. The average molecular weight is 376 g/mol. The summed E-state index contributed by atoms with van der Waals surface area (Å²) in [6, 6.07) is 0. The number of thioether (sulfide) groups is 2. The fraction of sp³-hybridized carbons (Fsp3) is 0.714. The van der Waals surface area contributed by atoms with Crippen LogP contribution >= 0.6 is 23.5 Å². The Hall–Kier alpha value is -1.78. The van der Waals surface area contributed by atoms with Gasteiger partial charge in [0.15, 0.2) is 0 Å². The van der Waals surface area contributed by atoms with Crippen LogP contribution in [-0.2, 0) is 28.5 Å². The maximum absolute atomic E-state index is 11.7. The molecule has 0 radical (unpaired) electrons. The van der Waals surface area contributed by atoms with E-state index in [0.717, 1.165) is 0 Å². The van der Waals surface area contributed by atoms with Crippen LogP contribution in [0.4, 0.5) is 0 Å². The lowest BCUT2D eigenvalue weighted by Crippen LogP contribution is -2.29. The standard InChI is InChI=1S/C14H20N2O6S2/c1-23-7-3-11(21-9-15)13(17)19-5-6-20-14(18)12(22-10-16)4-8-24-2/h11-12H,3-8H2,1-2H3. The van der Waals surface area contributed by atoms with E-state index < -0.39 is 24.1 Å². The van der Waals surface area contributed by atoms with Crippen LogP contribution in [0.1, 0.15) is 12.8 Å². The molecule has 0 fully saturated rings. The third kappa shape index (κ3) is 10.1. The van der Waals surface area contributed by atoms with Gasteiger partial charge in [-0.05, 0) is 24.0 Å². The van der Waals surface area contributed by atoms with Gasteiger partial charge in [0.2, 0.25) is 12.2 Å². The minimum Gasteiger partial charge on any atom is -0.459 e. The molecule has 0 amide bonds. The van der Waals surface area contributed by atoms with E-state index in [9.17, 15) is 9.59 Å². The molecule has 0 aromatic heterocycles. The number of hydrogen-bond acceptors (Lipinski definition) is 10. The molecule has 0 bridgehead atoms. The monoisotopic (exact) mass is 376 g/mol. The molecule has 24 heavy (non-hydrogen) atoms. The Morgan fingerprint density at radius 2 is 1.25 bits per heavy atom. The van der Waals surface area contributed by atoms with Gasteiger partial charge < -0.3 is 18.9 Å². The van der Waals surface area contributed by atoms with Crippen LogP contribution in [0.2, 0.25) is 0 Å². The zero-order valence-corrected chi connectivity index (χ0v) is 15.2. The van der Waals surface area contributed by atoms with Crippen molar-refractivity contribution in [3.63, 3.8) is 0 Å². The molecule has 8 nitrogen and oxygen atoms in total. The van der Waals surface area contributed by atoms with Crippen LogP contribution < -0.4 is 0 Å². The van der Waals surface area contributed by atoms with E-state index in [-0.39, 0.29) is 13.2 Å². The fourth-order valence-electron chi connectivity index (χ4n) is 1.50. The van der Waals surface area contributed by atoms with Gasteiger partial charge in [0, 0.05) is 12.8 Å². The predicted molar refractivity (Wildman–Crippen MR) is 88.9 cm³/mol. The molecule has 0 spiro atoms. The van der Waals surface area contributed by atoms with Crippen LogP contribution in [0.3, 0.4) is 0 Å². The zero-order chi connectivity index (χ0) is 18.2. The summed E-state index contributed by atoms with van der Waals surface area (Å²) in [5.41, 5.74) is 0. The first-order valence-corrected chi connectivity index (χ1v) is 9.80. The van der Waals surface area contributed by atoms with Crippen molar-refractivity contribution in [1.82, 2.24) is 0 Å². The number of rotatable bonds is 13. The number of ether oxygens (including phenoxy) is 4. The summed E-state index contributed by atoms with van der Waals surface area (Å²) in [5.74, 6) is -0.0966. The molecule has 10 heteroatoms. The maximum Gasteiger partial charge on any atom is 0.348 e. The van der Waals surface area contributed by atoms with Gasteiger partial charge >= 0.3 is 11.9 Å². The van der Waals surface area contributed by atoms with Gasteiger partial charge in [-0.15, -0.1) is 0 Å². The van der Waals surface area contributed by atoms with E-state index in [1.54, 1.807) is 0 Å². The quantitative estimate of drug-likeness (QED) is 0.264. The number of carbonyl (C=O) groups excluding carboxylic acids is 2. The smallest absolute Gasteiger partial charge is 0.348 e.